The van der Waals surface area contributed by atoms with Crippen molar-refractivity contribution in [2.45, 2.75) is 34.1 Å². The van der Waals surface area contributed by atoms with Crippen molar-refractivity contribution in [1.82, 2.24) is 0 Å². The van der Waals surface area contributed by atoms with Gasteiger partial charge in [0.2, 0.25) is 0 Å². The topological polar surface area (TPSA) is 0 Å². The molecule has 68 valence electrons. The lowest BCUT2D eigenvalue weighted by Crippen LogP contribution is -2.25. The fourth-order valence-corrected chi connectivity index (χ4v) is 2.41. The maximum absolute atomic E-state index is 4.09. The third-order valence-electron chi connectivity index (χ3n) is 3.51. The Morgan fingerprint density at radius 3 is 2.50 bits per heavy atom. The second kappa shape index (κ2) is 3.08. The van der Waals surface area contributed by atoms with Crippen LogP contribution in [-0.2, 0) is 0 Å². The van der Waals surface area contributed by atoms with Gasteiger partial charge in [-0.15, -0.1) is 0 Å². The van der Waals surface area contributed by atoms with Crippen LogP contribution in [0, 0.1) is 17.3 Å². The summed E-state index contributed by atoms with van der Waals surface area (Å²) in [7, 11) is 0. The van der Waals surface area contributed by atoms with Gasteiger partial charge in [0.1, 0.15) is 0 Å². The van der Waals surface area contributed by atoms with Gasteiger partial charge in [-0.05, 0) is 18.8 Å². The lowest BCUT2D eigenvalue weighted by Gasteiger charge is -2.33. The minimum absolute atomic E-state index is 0.258. The van der Waals surface area contributed by atoms with Crippen LogP contribution in [0.15, 0.2) is 24.3 Å². The Hall–Kier alpha value is -0.520. The van der Waals surface area contributed by atoms with E-state index in [2.05, 4.69) is 46.4 Å². The first-order valence-electron chi connectivity index (χ1n) is 4.87. The highest BCUT2D eigenvalue weighted by Gasteiger charge is 2.38. The van der Waals surface area contributed by atoms with E-state index in [-0.39, 0.29) is 5.41 Å². The molecule has 3 unspecified atom stereocenters. The van der Waals surface area contributed by atoms with Gasteiger partial charge in [-0.1, -0.05) is 51.5 Å². The van der Waals surface area contributed by atoms with Crippen LogP contribution in [0.1, 0.15) is 34.1 Å². The molecule has 0 nitrogen and oxygen atoms in total. The molecule has 0 bridgehead atoms. The summed E-state index contributed by atoms with van der Waals surface area (Å²) in [6.45, 7) is 13.1. The molecular weight excluding hydrogens is 144 g/mol. The standard InChI is InChI=1S/C12H20/c1-6-11-10(4)7-8-12(11,5)9(2)3/h7-8,10-11H,2,6H2,1,3-5H3. The van der Waals surface area contributed by atoms with Crippen molar-refractivity contribution in [3.63, 3.8) is 0 Å². The Kier molecular flexibility index (Phi) is 2.46. The second-order valence-corrected chi connectivity index (χ2v) is 4.30. The van der Waals surface area contributed by atoms with E-state index in [1.165, 1.54) is 12.0 Å². The molecule has 0 aliphatic heterocycles. The van der Waals surface area contributed by atoms with Crippen LogP contribution in [0.25, 0.3) is 0 Å². The minimum atomic E-state index is 0.258. The molecule has 12 heavy (non-hydrogen) atoms. The van der Waals surface area contributed by atoms with Gasteiger partial charge in [0.05, 0.1) is 0 Å². The molecule has 1 rings (SSSR count). The van der Waals surface area contributed by atoms with Crippen molar-refractivity contribution in [3.8, 4) is 0 Å². The maximum atomic E-state index is 4.09. The SMILES string of the molecule is C=C(C)C1(C)C=CC(C)C1CC. The predicted octanol–water partition coefficient (Wildman–Crippen LogP) is 3.80. The lowest BCUT2D eigenvalue weighted by molar-refractivity contribution is 0.269. The summed E-state index contributed by atoms with van der Waals surface area (Å²) in [5.74, 6) is 1.48. The van der Waals surface area contributed by atoms with E-state index in [4.69, 9.17) is 0 Å². The molecule has 0 spiro atoms. The fraction of sp³-hybridized carbons (Fsp3) is 0.667. The van der Waals surface area contributed by atoms with Gasteiger partial charge in [-0.25, -0.2) is 0 Å². The second-order valence-electron chi connectivity index (χ2n) is 4.30. The summed E-state index contributed by atoms with van der Waals surface area (Å²) in [6.07, 6.45) is 5.93. The first kappa shape index (κ1) is 9.57. The zero-order valence-electron chi connectivity index (χ0n) is 8.72. The van der Waals surface area contributed by atoms with Crippen LogP contribution in [0.2, 0.25) is 0 Å². The first-order valence-corrected chi connectivity index (χ1v) is 4.87. The zero-order chi connectivity index (χ0) is 9.35. The van der Waals surface area contributed by atoms with E-state index >= 15 is 0 Å². The van der Waals surface area contributed by atoms with Crippen LogP contribution in [0.3, 0.4) is 0 Å². The van der Waals surface area contributed by atoms with Crippen molar-refractivity contribution in [2.75, 3.05) is 0 Å². The quantitative estimate of drug-likeness (QED) is 0.544. The summed E-state index contributed by atoms with van der Waals surface area (Å²) in [4.78, 5) is 0. The third-order valence-corrected chi connectivity index (χ3v) is 3.51. The number of rotatable bonds is 2. The van der Waals surface area contributed by atoms with E-state index < -0.39 is 0 Å². The minimum Gasteiger partial charge on any atom is -0.0993 e. The predicted molar refractivity (Wildman–Crippen MR) is 55.0 cm³/mol. The summed E-state index contributed by atoms with van der Waals surface area (Å²) in [6, 6.07) is 0. The molecule has 0 aromatic rings. The molecular formula is C12H20. The van der Waals surface area contributed by atoms with E-state index in [1.807, 2.05) is 0 Å². The van der Waals surface area contributed by atoms with Crippen molar-refractivity contribution in [2.24, 2.45) is 17.3 Å². The smallest absolute Gasteiger partial charge is 0.00907 e. The Bertz CT molecular complexity index is 212. The van der Waals surface area contributed by atoms with Gasteiger partial charge >= 0.3 is 0 Å². The Morgan fingerprint density at radius 1 is 1.58 bits per heavy atom. The fourth-order valence-electron chi connectivity index (χ4n) is 2.41. The average Bonchev–Trinajstić information content (AvgIpc) is 2.29. The summed E-state index contributed by atoms with van der Waals surface area (Å²) in [5.41, 5.74) is 1.56. The van der Waals surface area contributed by atoms with Crippen molar-refractivity contribution in [3.05, 3.63) is 24.3 Å². The monoisotopic (exact) mass is 164 g/mol. The highest BCUT2D eigenvalue weighted by atomic mass is 14.4. The number of hydrogen-bond acceptors (Lipinski definition) is 0. The highest BCUT2D eigenvalue weighted by Crippen LogP contribution is 2.47. The number of hydrogen-bond donors (Lipinski definition) is 0. The normalized spacial score (nSPS) is 40.3. The van der Waals surface area contributed by atoms with Crippen LogP contribution in [-0.4, -0.2) is 0 Å². The van der Waals surface area contributed by atoms with Crippen molar-refractivity contribution >= 4 is 0 Å². The van der Waals surface area contributed by atoms with E-state index in [9.17, 15) is 0 Å². The van der Waals surface area contributed by atoms with E-state index in [0.717, 1.165) is 11.8 Å². The molecule has 0 amide bonds. The molecule has 0 aromatic carbocycles. The molecule has 0 saturated heterocycles. The Morgan fingerprint density at radius 2 is 2.17 bits per heavy atom. The molecule has 0 N–H and O–H groups in total. The van der Waals surface area contributed by atoms with Crippen LogP contribution >= 0.6 is 0 Å². The average molecular weight is 164 g/mol. The van der Waals surface area contributed by atoms with Crippen LogP contribution < -0.4 is 0 Å². The van der Waals surface area contributed by atoms with Gasteiger partial charge in [0.15, 0.2) is 0 Å². The summed E-state index contributed by atoms with van der Waals surface area (Å²) >= 11 is 0. The van der Waals surface area contributed by atoms with Gasteiger partial charge < -0.3 is 0 Å². The van der Waals surface area contributed by atoms with E-state index in [0.29, 0.717) is 0 Å². The van der Waals surface area contributed by atoms with Gasteiger partial charge in [0, 0.05) is 5.41 Å². The summed E-state index contributed by atoms with van der Waals surface area (Å²) in [5, 5.41) is 0. The van der Waals surface area contributed by atoms with Gasteiger partial charge in [-0.3, -0.25) is 0 Å². The van der Waals surface area contributed by atoms with Gasteiger partial charge in [-0.2, -0.15) is 0 Å². The zero-order valence-corrected chi connectivity index (χ0v) is 8.72. The van der Waals surface area contributed by atoms with Crippen LogP contribution in [0.5, 0.6) is 0 Å². The molecule has 0 aromatic heterocycles. The Balaban J connectivity index is 2.92. The Labute approximate surface area is 76.4 Å². The largest absolute Gasteiger partial charge is 0.0993 e. The molecule has 3 atom stereocenters. The van der Waals surface area contributed by atoms with Crippen molar-refractivity contribution in [1.29, 1.82) is 0 Å². The molecule has 1 aliphatic carbocycles. The molecule has 0 saturated carbocycles. The van der Waals surface area contributed by atoms with Crippen LogP contribution in [0.4, 0.5) is 0 Å². The molecule has 0 heteroatoms. The molecule has 0 heterocycles. The molecule has 0 radical (unpaired) electrons. The highest BCUT2D eigenvalue weighted by molar-refractivity contribution is 5.24. The molecule has 0 fully saturated rings. The molecule has 1 aliphatic rings. The maximum Gasteiger partial charge on any atom is 0.00907 e. The number of allylic oxidation sites excluding steroid dienone is 3. The summed E-state index contributed by atoms with van der Waals surface area (Å²) < 4.78 is 0. The van der Waals surface area contributed by atoms with Crippen molar-refractivity contribution < 1.29 is 0 Å². The van der Waals surface area contributed by atoms with Gasteiger partial charge in [0.25, 0.3) is 0 Å². The van der Waals surface area contributed by atoms with E-state index in [1.54, 1.807) is 0 Å². The lowest BCUT2D eigenvalue weighted by atomic mass is 9.71. The third kappa shape index (κ3) is 1.24. The first-order chi connectivity index (χ1) is 5.52.